The molecule has 1 aromatic heterocycles. The molecular formula is C11H15N3. The topological polar surface area (TPSA) is 48.7 Å². The first-order chi connectivity index (χ1) is 6.74. The van der Waals surface area contributed by atoms with E-state index in [1.54, 1.807) is 12.4 Å². The van der Waals surface area contributed by atoms with Crippen molar-refractivity contribution in [3.8, 4) is 6.07 Å². The van der Waals surface area contributed by atoms with E-state index in [2.05, 4.69) is 30.2 Å². The Bertz CT molecular complexity index is 300. The molecule has 1 heterocycles. The Labute approximate surface area is 84.8 Å². The van der Waals surface area contributed by atoms with Crippen molar-refractivity contribution in [1.82, 2.24) is 4.98 Å². The lowest BCUT2D eigenvalue weighted by Crippen LogP contribution is -2.17. The van der Waals surface area contributed by atoms with E-state index in [0.29, 0.717) is 12.5 Å². The zero-order valence-electron chi connectivity index (χ0n) is 8.57. The van der Waals surface area contributed by atoms with Gasteiger partial charge in [-0.25, -0.2) is 0 Å². The first kappa shape index (κ1) is 10.5. The zero-order chi connectivity index (χ0) is 10.4. The van der Waals surface area contributed by atoms with Gasteiger partial charge in [0.25, 0.3) is 0 Å². The minimum atomic E-state index is 0.0585. The molecule has 1 unspecified atom stereocenters. The van der Waals surface area contributed by atoms with Gasteiger partial charge in [0.05, 0.1) is 12.0 Å². The van der Waals surface area contributed by atoms with Crippen LogP contribution in [0.1, 0.15) is 13.8 Å². The molecule has 0 fully saturated rings. The Hall–Kier alpha value is -1.56. The number of pyridine rings is 1. The summed E-state index contributed by atoms with van der Waals surface area (Å²) in [6.45, 7) is 4.81. The summed E-state index contributed by atoms with van der Waals surface area (Å²) in [5.74, 6) is 0.442. The smallest absolute Gasteiger partial charge is 0.0677 e. The van der Waals surface area contributed by atoms with Crippen molar-refractivity contribution in [2.24, 2.45) is 11.8 Å². The number of nitrogens with one attached hydrogen (secondary N) is 1. The quantitative estimate of drug-likeness (QED) is 0.790. The van der Waals surface area contributed by atoms with Crippen LogP contribution in [0, 0.1) is 23.2 Å². The molecule has 0 saturated carbocycles. The first-order valence-corrected chi connectivity index (χ1v) is 4.77. The highest BCUT2D eigenvalue weighted by molar-refractivity contribution is 5.40. The second-order valence-corrected chi connectivity index (χ2v) is 3.60. The van der Waals surface area contributed by atoms with Crippen molar-refractivity contribution in [3.05, 3.63) is 24.5 Å². The number of nitrogens with zero attached hydrogens (tertiary/aromatic N) is 2. The van der Waals surface area contributed by atoms with Crippen molar-refractivity contribution in [1.29, 1.82) is 5.26 Å². The summed E-state index contributed by atoms with van der Waals surface area (Å²) in [6.07, 6.45) is 3.47. The van der Waals surface area contributed by atoms with E-state index in [9.17, 15) is 0 Å². The van der Waals surface area contributed by atoms with Gasteiger partial charge in [-0.15, -0.1) is 0 Å². The fourth-order valence-electron chi connectivity index (χ4n) is 1.13. The molecule has 1 atom stereocenters. The van der Waals surface area contributed by atoms with Crippen LogP contribution in [-0.2, 0) is 0 Å². The number of hydrogen-bond acceptors (Lipinski definition) is 3. The summed E-state index contributed by atoms with van der Waals surface area (Å²) in [5, 5.41) is 12.1. The van der Waals surface area contributed by atoms with E-state index in [1.165, 1.54) is 0 Å². The maximum Gasteiger partial charge on any atom is 0.0677 e. The van der Waals surface area contributed by atoms with Gasteiger partial charge in [-0.1, -0.05) is 13.8 Å². The van der Waals surface area contributed by atoms with Gasteiger partial charge in [0, 0.05) is 24.6 Å². The van der Waals surface area contributed by atoms with Crippen LogP contribution in [0.3, 0.4) is 0 Å². The van der Waals surface area contributed by atoms with E-state index < -0.39 is 0 Å². The zero-order valence-corrected chi connectivity index (χ0v) is 8.57. The molecule has 0 bridgehead atoms. The molecule has 3 heteroatoms. The van der Waals surface area contributed by atoms with Crippen molar-refractivity contribution < 1.29 is 0 Å². The maximum atomic E-state index is 8.87. The molecule has 0 aliphatic rings. The van der Waals surface area contributed by atoms with E-state index in [1.807, 2.05) is 12.1 Å². The monoisotopic (exact) mass is 189 g/mol. The average molecular weight is 189 g/mol. The molecule has 0 aromatic carbocycles. The Balaban J connectivity index is 2.45. The SMILES string of the molecule is CC(C)C(C#N)CNc1ccncc1. The molecule has 1 N–H and O–H groups in total. The van der Waals surface area contributed by atoms with Crippen molar-refractivity contribution in [2.75, 3.05) is 11.9 Å². The largest absolute Gasteiger partial charge is 0.384 e. The van der Waals surface area contributed by atoms with Crippen molar-refractivity contribution in [2.45, 2.75) is 13.8 Å². The van der Waals surface area contributed by atoms with E-state index >= 15 is 0 Å². The number of hydrogen-bond donors (Lipinski definition) is 1. The molecule has 14 heavy (non-hydrogen) atoms. The predicted octanol–water partition coefficient (Wildman–Crippen LogP) is 2.29. The Morgan fingerprint density at radius 1 is 1.43 bits per heavy atom. The molecule has 0 aliphatic heterocycles. The highest BCUT2D eigenvalue weighted by atomic mass is 14.9. The van der Waals surface area contributed by atoms with Crippen LogP contribution in [0.25, 0.3) is 0 Å². The first-order valence-electron chi connectivity index (χ1n) is 4.77. The highest BCUT2D eigenvalue weighted by Gasteiger charge is 2.11. The molecule has 74 valence electrons. The van der Waals surface area contributed by atoms with Gasteiger partial charge in [-0.3, -0.25) is 4.98 Å². The Morgan fingerprint density at radius 3 is 2.57 bits per heavy atom. The van der Waals surface area contributed by atoms with Gasteiger partial charge >= 0.3 is 0 Å². The van der Waals surface area contributed by atoms with Gasteiger partial charge in [-0.05, 0) is 18.1 Å². The maximum absolute atomic E-state index is 8.87. The number of rotatable bonds is 4. The molecule has 0 amide bonds. The number of aromatic nitrogens is 1. The molecule has 1 aromatic rings. The standard InChI is InChI=1S/C11H15N3/c1-9(2)10(7-12)8-14-11-3-5-13-6-4-11/h3-6,9-10H,8H2,1-2H3,(H,13,14). The second-order valence-electron chi connectivity index (χ2n) is 3.60. The highest BCUT2D eigenvalue weighted by Crippen LogP contribution is 2.11. The molecule has 0 radical (unpaired) electrons. The van der Waals surface area contributed by atoms with Crippen LogP contribution in [0.2, 0.25) is 0 Å². The summed E-state index contributed by atoms with van der Waals surface area (Å²) >= 11 is 0. The van der Waals surface area contributed by atoms with Gasteiger partial charge < -0.3 is 5.32 Å². The molecule has 3 nitrogen and oxygen atoms in total. The predicted molar refractivity (Wildman–Crippen MR) is 56.7 cm³/mol. The third-order valence-electron chi connectivity index (χ3n) is 2.18. The summed E-state index contributed by atoms with van der Waals surface area (Å²) in [6, 6.07) is 6.09. The second kappa shape index (κ2) is 5.23. The molecular weight excluding hydrogens is 174 g/mol. The van der Waals surface area contributed by atoms with E-state index in [0.717, 1.165) is 5.69 Å². The normalized spacial score (nSPS) is 12.1. The third-order valence-corrected chi connectivity index (χ3v) is 2.18. The van der Waals surface area contributed by atoms with E-state index in [-0.39, 0.29) is 5.92 Å². The minimum Gasteiger partial charge on any atom is -0.384 e. The van der Waals surface area contributed by atoms with Gasteiger partial charge in [0.15, 0.2) is 0 Å². The lowest BCUT2D eigenvalue weighted by Gasteiger charge is -2.14. The van der Waals surface area contributed by atoms with Crippen LogP contribution in [-0.4, -0.2) is 11.5 Å². The minimum absolute atomic E-state index is 0.0585. The fourth-order valence-corrected chi connectivity index (χ4v) is 1.13. The summed E-state index contributed by atoms with van der Waals surface area (Å²) < 4.78 is 0. The summed E-state index contributed by atoms with van der Waals surface area (Å²) in [5.41, 5.74) is 1.01. The van der Waals surface area contributed by atoms with Gasteiger partial charge in [-0.2, -0.15) is 5.26 Å². The van der Waals surface area contributed by atoms with E-state index in [4.69, 9.17) is 5.26 Å². The van der Waals surface area contributed by atoms with Crippen LogP contribution in [0.5, 0.6) is 0 Å². The Kier molecular flexibility index (Phi) is 3.93. The Morgan fingerprint density at radius 2 is 2.07 bits per heavy atom. The molecule has 0 saturated heterocycles. The fraction of sp³-hybridized carbons (Fsp3) is 0.455. The molecule has 0 aliphatic carbocycles. The summed E-state index contributed by atoms with van der Waals surface area (Å²) in [4.78, 5) is 3.92. The summed E-state index contributed by atoms with van der Waals surface area (Å²) in [7, 11) is 0. The van der Waals surface area contributed by atoms with Gasteiger partial charge in [0.1, 0.15) is 0 Å². The van der Waals surface area contributed by atoms with Crippen LogP contribution < -0.4 is 5.32 Å². The van der Waals surface area contributed by atoms with Crippen LogP contribution >= 0.6 is 0 Å². The van der Waals surface area contributed by atoms with Gasteiger partial charge in [0.2, 0.25) is 0 Å². The van der Waals surface area contributed by atoms with Crippen LogP contribution in [0.15, 0.2) is 24.5 Å². The molecule has 0 spiro atoms. The lowest BCUT2D eigenvalue weighted by molar-refractivity contribution is 0.496. The molecule has 1 rings (SSSR count). The number of nitriles is 1. The lowest BCUT2D eigenvalue weighted by atomic mass is 9.97. The number of anilines is 1. The third kappa shape index (κ3) is 3.06. The van der Waals surface area contributed by atoms with Crippen LogP contribution in [0.4, 0.5) is 5.69 Å². The van der Waals surface area contributed by atoms with Crippen molar-refractivity contribution in [3.63, 3.8) is 0 Å². The average Bonchev–Trinajstić information content (AvgIpc) is 2.20. The van der Waals surface area contributed by atoms with Crippen molar-refractivity contribution >= 4 is 5.69 Å².